The average Bonchev–Trinajstić information content (AvgIpc) is 2.91. The van der Waals surface area contributed by atoms with Gasteiger partial charge in [0.1, 0.15) is 0 Å². The van der Waals surface area contributed by atoms with Crippen molar-refractivity contribution in [3.8, 4) is 0 Å². The fourth-order valence-electron chi connectivity index (χ4n) is 1.86. The smallest absolute Gasteiger partial charge is 0.313 e. The zero-order valence-corrected chi connectivity index (χ0v) is 12.8. The van der Waals surface area contributed by atoms with Gasteiger partial charge in [0.05, 0.1) is 11.6 Å². The molecule has 0 unspecified atom stereocenters. The Kier molecular flexibility index (Phi) is 5.05. The van der Waals surface area contributed by atoms with Crippen molar-refractivity contribution >= 4 is 28.8 Å². The van der Waals surface area contributed by atoms with Gasteiger partial charge in [-0.3, -0.25) is 9.59 Å². The average molecular weight is 303 g/mol. The number of nitrogens with zero attached hydrogens (tertiary/aromatic N) is 1. The minimum atomic E-state index is -0.655. The molecule has 1 heterocycles. The maximum atomic E-state index is 11.9. The van der Waals surface area contributed by atoms with Crippen LogP contribution >= 0.6 is 11.3 Å². The summed E-state index contributed by atoms with van der Waals surface area (Å²) in [5, 5.41) is 6.16. The van der Waals surface area contributed by atoms with Gasteiger partial charge in [0.2, 0.25) is 0 Å². The molecule has 0 bridgehead atoms. The Morgan fingerprint density at radius 1 is 1.24 bits per heavy atom. The van der Waals surface area contributed by atoms with Gasteiger partial charge in [0.15, 0.2) is 0 Å². The lowest BCUT2D eigenvalue weighted by Crippen LogP contribution is -2.35. The quantitative estimate of drug-likeness (QED) is 0.851. The van der Waals surface area contributed by atoms with Gasteiger partial charge in [-0.1, -0.05) is 25.1 Å². The van der Waals surface area contributed by atoms with E-state index >= 15 is 0 Å². The molecule has 2 amide bonds. The molecule has 0 fully saturated rings. The van der Waals surface area contributed by atoms with Crippen LogP contribution in [0.4, 0.5) is 5.69 Å². The summed E-state index contributed by atoms with van der Waals surface area (Å²) in [6.45, 7) is 4.20. The molecule has 0 saturated carbocycles. The Balaban J connectivity index is 1.92. The molecule has 1 aromatic heterocycles. The molecule has 0 aliphatic carbocycles. The summed E-state index contributed by atoms with van der Waals surface area (Å²) in [6, 6.07) is 7.44. The number of benzene rings is 1. The molecule has 110 valence electrons. The van der Waals surface area contributed by atoms with Crippen LogP contribution in [-0.2, 0) is 22.6 Å². The van der Waals surface area contributed by atoms with Crippen molar-refractivity contribution in [2.45, 2.75) is 26.8 Å². The number of aromatic nitrogens is 1. The number of amides is 2. The molecule has 21 heavy (non-hydrogen) atoms. The largest absolute Gasteiger partial charge is 0.343 e. The number of hydrogen-bond acceptors (Lipinski definition) is 4. The number of para-hydroxylation sites is 1. The fraction of sp³-hybridized carbons (Fsp3) is 0.267. The van der Waals surface area contributed by atoms with Gasteiger partial charge in [-0.2, -0.15) is 0 Å². The van der Waals surface area contributed by atoms with Crippen molar-refractivity contribution in [3.05, 3.63) is 45.9 Å². The Morgan fingerprint density at radius 2 is 2.00 bits per heavy atom. The summed E-state index contributed by atoms with van der Waals surface area (Å²) in [5.74, 6) is -1.30. The van der Waals surface area contributed by atoms with Crippen LogP contribution in [0.15, 0.2) is 30.5 Å². The first-order valence-corrected chi connectivity index (χ1v) is 7.50. The van der Waals surface area contributed by atoms with Crippen molar-refractivity contribution in [1.82, 2.24) is 10.3 Å². The zero-order chi connectivity index (χ0) is 15.2. The Bertz CT molecular complexity index is 652. The number of thiazole rings is 1. The first-order valence-electron chi connectivity index (χ1n) is 6.68. The lowest BCUT2D eigenvalue weighted by Gasteiger charge is -2.09. The normalized spacial score (nSPS) is 10.2. The van der Waals surface area contributed by atoms with Gasteiger partial charge in [-0.25, -0.2) is 4.98 Å². The second kappa shape index (κ2) is 6.99. The Hall–Kier alpha value is -2.21. The number of carbonyl (C=O) groups is 2. The zero-order valence-electron chi connectivity index (χ0n) is 12.0. The standard InChI is InChI=1S/C15H17N3O2S/c1-3-11-6-4-5-7-13(11)18-15(20)14(19)17-9-12-8-16-10(2)21-12/h4-8H,3,9H2,1-2H3,(H,17,19)(H,18,20). The second-order valence-electron chi connectivity index (χ2n) is 4.49. The summed E-state index contributed by atoms with van der Waals surface area (Å²) >= 11 is 1.49. The predicted molar refractivity (Wildman–Crippen MR) is 83.1 cm³/mol. The van der Waals surface area contributed by atoms with E-state index in [0.29, 0.717) is 12.2 Å². The van der Waals surface area contributed by atoms with Crippen LogP contribution in [0.2, 0.25) is 0 Å². The Labute approximate surface area is 127 Å². The molecule has 2 rings (SSSR count). The van der Waals surface area contributed by atoms with Crippen LogP contribution in [-0.4, -0.2) is 16.8 Å². The first kappa shape index (κ1) is 15.2. The molecular weight excluding hydrogens is 286 g/mol. The van der Waals surface area contributed by atoms with E-state index in [1.165, 1.54) is 11.3 Å². The number of nitrogens with one attached hydrogen (secondary N) is 2. The molecular formula is C15H17N3O2S. The predicted octanol–water partition coefficient (Wildman–Crippen LogP) is 2.27. The summed E-state index contributed by atoms with van der Waals surface area (Å²) in [4.78, 5) is 28.7. The lowest BCUT2D eigenvalue weighted by molar-refractivity contribution is -0.136. The molecule has 0 spiro atoms. The maximum absolute atomic E-state index is 11.9. The highest BCUT2D eigenvalue weighted by molar-refractivity contribution is 7.11. The van der Waals surface area contributed by atoms with Gasteiger partial charge < -0.3 is 10.6 Å². The minimum absolute atomic E-state index is 0.313. The van der Waals surface area contributed by atoms with E-state index in [4.69, 9.17) is 0 Å². The number of aryl methyl sites for hydroxylation is 2. The summed E-state index contributed by atoms with van der Waals surface area (Å²) in [6.07, 6.45) is 2.49. The molecule has 0 atom stereocenters. The van der Waals surface area contributed by atoms with Gasteiger partial charge in [-0.05, 0) is 25.0 Å². The van der Waals surface area contributed by atoms with Gasteiger partial charge >= 0.3 is 11.8 Å². The first-order chi connectivity index (χ1) is 10.1. The Morgan fingerprint density at radius 3 is 2.67 bits per heavy atom. The summed E-state index contributed by atoms with van der Waals surface area (Å²) < 4.78 is 0. The minimum Gasteiger partial charge on any atom is -0.343 e. The van der Waals surface area contributed by atoms with Crippen molar-refractivity contribution in [3.63, 3.8) is 0 Å². The molecule has 2 aromatic rings. The van der Waals surface area contributed by atoms with E-state index in [9.17, 15) is 9.59 Å². The highest BCUT2D eigenvalue weighted by atomic mass is 32.1. The van der Waals surface area contributed by atoms with Crippen LogP contribution in [0.1, 0.15) is 22.4 Å². The van der Waals surface area contributed by atoms with E-state index in [2.05, 4.69) is 15.6 Å². The van der Waals surface area contributed by atoms with Crippen molar-refractivity contribution in [1.29, 1.82) is 0 Å². The molecule has 0 saturated heterocycles. The number of carbonyl (C=O) groups excluding carboxylic acids is 2. The summed E-state index contributed by atoms with van der Waals surface area (Å²) in [7, 11) is 0. The molecule has 0 aliphatic heterocycles. The summed E-state index contributed by atoms with van der Waals surface area (Å²) in [5.41, 5.74) is 1.67. The van der Waals surface area contributed by atoms with E-state index in [1.807, 2.05) is 32.0 Å². The number of hydrogen-bond donors (Lipinski definition) is 2. The van der Waals surface area contributed by atoms with Crippen molar-refractivity contribution in [2.24, 2.45) is 0 Å². The van der Waals surface area contributed by atoms with Gasteiger partial charge in [0.25, 0.3) is 0 Å². The third-order valence-electron chi connectivity index (χ3n) is 2.95. The van der Waals surface area contributed by atoms with Crippen molar-refractivity contribution in [2.75, 3.05) is 5.32 Å². The molecule has 6 heteroatoms. The third kappa shape index (κ3) is 4.13. The lowest BCUT2D eigenvalue weighted by atomic mass is 10.1. The number of rotatable bonds is 4. The van der Waals surface area contributed by atoms with Crippen LogP contribution in [0, 0.1) is 6.92 Å². The van der Waals surface area contributed by atoms with Crippen LogP contribution < -0.4 is 10.6 Å². The van der Waals surface area contributed by atoms with E-state index < -0.39 is 11.8 Å². The van der Waals surface area contributed by atoms with E-state index in [0.717, 1.165) is 21.9 Å². The monoisotopic (exact) mass is 303 g/mol. The molecule has 0 radical (unpaired) electrons. The topological polar surface area (TPSA) is 71.1 Å². The van der Waals surface area contributed by atoms with Gasteiger partial charge in [-0.15, -0.1) is 11.3 Å². The molecule has 2 N–H and O–H groups in total. The third-order valence-corrected chi connectivity index (χ3v) is 3.86. The van der Waals surface area contributed by atoms with E-state index in [-0.39, 0.29) is 0 Å². The maximum Gasteiger partial charge on any atom is 0.313 e. The fourth-order valence-corrected chi connectivity index (χ4v) is 2.60. The number of anilines is 1. The highest BCUT2D eigenvalue weighted by Gasteiger charge is 2.14. The second-order valence-corrected chi connectivity index (χ2v) is 5.81. The van der Waals surface area contributed by atoms with E-state index in [1.54, 1.807) is 12.3 Å². The highest BCUT2D eigenvalue weighted by Crippen LogP contribution is 2.15. The van der Waals surface area contributed by atoms with Crippen molar-refractivity contribution < 1.29 is 9.59 Å². The van der Waals surface area contributed by atoms with Crippen LogP contribution in [0.25, 0.3) is 0 Å². The molecule has 5 nitrogen and oxygen atoms in total. The molecule has 0 aliphatic rings. The molecule has 1 aromatic carbocycles. The van der Waals surface area contributed by atoms with Crippen LogP contribution in [0.3, 0.4) is 0 Å². The SMILES string of the molecule is CCc1ccccc1NC(=O)C(=O)NCc1cnc(C)s1. The van der Waals surface area contributed by atoms with Gasteiger partial charge in [0, 0.05) is 16.8 Å². The van der Waals surface area contributed by atoms with Crippen LogP contribution in [0.5, 0.6) is 0 Å².